The van der Waals surface area contributed by atoms with E-state index in [0.29, 0.717) is 19.3 Å². The summed E-state index contributed by atoms with van der Waals surface area (Å²) in [4.78, 5) is 38.0. The van der Waals surface area contributed by atoms with Gasteiger partial charge in [-0.1, -0.05) is 272 Å². The van der Waals surface area contributed by atoms with Crippen molar-refractivity contribution in [3.63, 3.8) is 0 Å². The van der Waals surface area contributed by atoms with Gasteiger partial charge >= 0.3 is 17.9 Å². The number of hydrogen-bond donors (Lipinski definition) is 0. The van der Waals surface area contributed by atoms with Gasteiger partial charge in [0.05, 0.1) is 0 Å². The maximum Gasteiger partial charge on any atom is 0.306 e. The average Bonchev–Trinajstić information content (AvgIpc) is 3.24. The van der Waals surface area contributed by atoms with Gasteiger partial charge in [-0.05, 0) is 31.1 Å². The highest BCUT2D eigenvalue weighted by molar-refractivity contribution is 5.71. The van der Waals surface area contributed by atoms with Crippen molar-refractivity contribution in [3.05, 3.63) is 0 Å². The van der Waals surface area contributed by atoms with E-state index >= 15 is 0 Å². The lowest BCUT2D eigenvalue weighted by Gasteiger charge is -2.18. The molecule has 6 nitrogen and oxygen atoms in total. The SMILES string of the molecule is CCCCCCCCCCCCCCCCCCCCCC(=O)OC[C@@H](COC(=O)CCCCCCCCCCC(C)C)OC(=O)CCCCCCCCCCCCCC(C)C. The summed E-state index contributed by atoms with van der Waals surface area (Å²) in [7, 11) is 0. The van der Waals surface area contributed by atoms with Crippen molar-refractivity contribution in [1.82, 2.24) is 0 Å². The predicted molar refractivity (Wildman–Crippen MR) is 266 cm³/mol. The van der Waals surface area contributed by atoms with E-state index in [1.54, 1.807) is 0 Å². The summed E-state index contributed by atoms with van der Waals surface area (Å²) < 4.78 is 16.8. The molecule has 0 N–H and O–H groups in total. The molecule has 0 aromatic carbocycles. The molecule has 0 fully saturated rings. The van der Waals surface area contributed by atoms with Gasteiger partial charge in [-0.2, -0.15) is 0 Å². The molecule has 62 heavy (non-hydrogen) atoms. The quantitative estimate of drug-likeness (QED) is 0.0344. The molecule has 0 bridgehead atoms. The van der Waals surface area contributed by atoms with Crippen molar-refractivity contribution in [2.24, 2.45) is 11.8 Å². The summed E-state index contributed by atoms with van der Waals surface area (Å²) in [6, 6.07) is 0. The first kappa shape index (κ1) is 60.4. The van der Waals surface area contributed by atoms with E-state index in [-0.39, 0.29) is 31.1 Å². The van der Waals surface area contributed by atoms with Crippen LogP contribution in [0.5, 0.6) is 0 Å². The van der Waals surface area contributed by atoms with Crippen LogP contribution in [-0.4, -0.2) is 37.2 Å². The molecule has 0 aromatic heterocycles. The summed E-state index contributed by atoms with van der Waals surface area (Å²) in [5.74, 6) is 0.775. The number of carbonyl (C=O) groups excluding carboxylic acids is 3. The van der Waals surface area contributed by atoms with Crippen LogP contribution in [0.3, 0.4) is 0 Å². The van der Waals surface area contributed by atoms with E-state index < -0.39 is 6.10 Å². The third-order valence-corrected chi connectivity index (χ3v) is 12.7. The van der Waals surface area contributed by atoms with E-state index in [0.717, 1.165) is 69.6 Å². The van der Waals surface area contributed by atoms with E-state index in [9.17, 15) is 14.4 Å². The minimum absolute atomic E-state index is 0.0636. The van der Waals surface area contributed by atoms with E-state index in [1.165, 1.54) is 199 Å². The fourth-order valence-electron chi connectivity index (χ4n) is 8.52. The average molecular weight is 877 g/mol. The first-order valence-corrected chi connectivity index (χ1v) is 27.7. The Kier molecular flexibility index (Phi) is 47.6. The monoisotopic (exact) mass is 877 g/mol. The van der Waals surface area contributed by atoms with Crippen molar-refractivity contribution in [2.75, 3.05) is 13.2 Å². The fourth-order valence-corrected chi connectivity index (χ4v) is 8.52. The Bertz CT molecular complexity index is 947. The molecule has 0 aliphatic rings. The number of ether oxygens (including phenoxy) is 3. The topological polar surface area (TPSA) is 78.9 Å². The zero-order chi connectivity index (χ0) is 45.4. The number of unbranched alkanes of at least 4 members (excludes halogenated alkanes) is 35. The second-order valence-corrected chi connectivity index (χ2v) is 20.2. The Hall–Kier alpha value is -1.59. The highest BCUT2D eigenvalue weighted by Crippen LogP contribution is 2.18. The second kappa shape index (κ2) is 48.9. The van der Waals surface area contributed by atoms with Gasteiger partial charge in [-0.15, -0.1) is 0 Å². The maximum absolute atomic E-state index is 12.8. The van der Waals surface area contributed by atoms with Crippen LogP contribution in [0.25, 0.3) is 0 Å². The number of esters is 3. The van der Waals surface area contributed by atoms with Gasteiger partial charge in [0.25, 0.3) is 0 Å². The third-order valence-electron chi connectivity index (χ3n) is 12.7. The molecule has 0 saturated heterocycles. The van der Waals surface area contributed by atoms with Gasteiger partial charge in [0, 0.05) is 19.3 Å². The molecule has 0 unspecified atom stereocenters. The van der Waals surface area contributed by atoms with E-state index in [4.69, 9.17) is 14.2 Å². The highest BCUT2D eigenvalue weighted by Gasteiger charge is 2.19. The molecule has 6 heteroatoms. The van der Waals surface area contributed by atoms with Crippen LogP contribution >= 0.6 is 0 Å². The molecule has 0 aliphatic heterocycles. The van der Waals surface area contributed by atoms with Crippen molar-refractivity contribution in [1.29, 1.82) is 0 Å². The molecular formula is C56H108O6. The maximum atomic E-state index is 12.8. The van der Waals surface area contributed by atoms with E-state index in [1.807, 2.05) is 0 Å². The predicted octanol–water partition coefficient (Wildman–Crippen LogP) is 18.1. The van der Waals surface area contributed by atoms with Crippen LogP contribution in [0.4, 0.5) is 0 Å². The smallest absolute Gasteiger partial charge is 0.306 e. The zero-order valence-corrected chi connectivity index (χ0v) is 42.5. The summed E-state index contributed by atoms with van der Waals surface area (Å²) in [5, 5.41) is 0. The number of carbonyl (C=O) groups is 3. The van der Waals surface area contributed by atoms with Crippen LogP contribution in [0.1, 0.15) is 311 Å². The molecule has 0 saturated carbocycles. The van der Waals surface area contributed by atoms with Gasteiger partial charge in [0.15, 0.2) is 6.10 Å². The molecule has 0 aromatic rings. The van der Waals surface area contributed by atoms with Crippen LogP contribution < -0.4 is 0 Å². The largest absolute Gasteiger partial charge is 0.462 e. The Morgan fingerprint density at radius 2 is 0.532 bits per heavy atom. The van der Waals surface area contributed by atoms with Crippen molar-refractivity contribution >= 4 is 17.9 Å². The van der Waals surface area contributed by atoms with E-state index in [2.05, 4.69) is 34.6 Å². The lowest BCUT2D eigenvalue weighted by molar-refractivity contribution is -0.167. The summed E-state index contributed by atoms with van der Waals surface area (Å²) in [6.45, 7) is 11.4. The summed E-state index contributed by atoms with van der Waals surface area (Å²) in [5.41, 5.74) is 0. The van der Waals surface area contributed by atoms with Gasteiger partial charge in [-0.25, -0.2) is 0 Å². The van der Waals surface area contributed by atoms with Crippen LogP contribution in [0.15, 0.2) is 0 Å². The number of rotatable bonds is 50. The molecule has 0 radical (unpaired) electrons. The fraction of sp³-hybridized carbons (Fsp3) is 0.946. The summed E-state index contributed by atoms with van der Waals surface area (Å²) >= 11 is 0. The van der Waals surface area contributed by atoms with Crippen LogP contribution in [0, 0.1) is 11.8 Å². The van der Waals surface area contributed by atoms with Gasteiger partial charge < -0.3 is 14.2 Å². The Morgan fingerprint density at radius 3 is 0.790 bits per heavy atom. The van der Waals surface area contributed by atoms with Crippen molar-refractivity contribution < 1.29 is 28.6 Å². The van der Waals surface area contributed by atoms with Crippen LogP contribution in [0.2, 0.25) is 0 Å². The Labute approximate surface area is 387 Å². The second-order valence-electron chi connectivity index (χ2n) is 20.2. The molecule has 0 spiro atoms. The van der Waals surface area contributed by atoms with Crippen molar-refractivity contribution in [2.45, 2.75) is 317 Å². The molecule has 0 amide bonds. The highest BCUT2D eigenvalue weighted by atomic mass is 16.6. The normalized spacial score (nSPS) is 12.0. The standard InChI is InChI=1S/C56H108O6/c1-6-7-8-9-10-11-12-13-14-15-16-17-18-19-22-25-31-36-41-46-54(57)60-49-53(50-61-55(58)47-42-37-32-28-27-30-35-40-45-52(4)5)62-56(59)48-43-38-33-26-23-20-21-24-29-34-39-44-51(2)3/h51-53H,6-50H2,1-5H3/t53-/m0/s1. The molecular weight excluding hydrogens is 769 g/mol. The first-order valence-electron chi connectivity index (χ1n) is 27.7. The molecule has 368 valence electrons. The minimum Gasteiger partial charge on any atom is -0.462 e. The minimum atomic E-state index is -0.762. The molecule has 0 aliphatic carbocycles. The van der Waals surface area contributed by atoms with Crippen LogP contribution in [-0.2, 0) is 28.6 Å². The van der Waals surface area contributed by atoms with Gasteiger partial charge in [0.2, 0.25) is 0 Å². The van der Waals surface area contributed by atoms with Crippen molar-refractivity contribution in [3.8, 4) is 0 Å². The molecule has 0 heterocycles. The zero-order valence-electron chi connectivity index (χ0n) is 42.5. The molecule has 0 rings (SSSR count). The van der Waals surface area contributed by atoms with Gasteiger partial charge in [-0.3, -0.25) is 14.4 Å². The third kappa shape index (κ3) is 49.4. The summed E-state index contributed by atoms with van der Waals surface area (Å²) in [6.07, 6.45) is 51.0. The Balaban J connectivity index is 4.25. The molecule has 1 atom stereocenters. The Morgan fingerprint density at radius 1 is 0.306 bits per heavy atom. The lowest BCUT2D eigenvalue weighted by Crippen LogP contribution is -2.30. The lowest BCUT2D eigenvalue weighted by atomic mass is 10.0. The first-order chi connectivity index (χ1) is 30.2. The van der Waals surface area contributed by atoms with Gasteiger partial charge in [0.1, 0.15) is 13.2 Å². The number of hydrogen-bond acceptors (Lipinski definition) is 6.